The molecule has 0 aromatic heterocycles. The summed E-state index contributed by atoms with van der Waals surface area (Å²) in [5.74, 6) is -1.07. The van der Waals surface area contributed by atoms with Crippen LogP contribution < -0.4 is 9.62 Å². The Bertz CT molecular complexity index is 1310. The van der Waals surface area contributed by atoms with Crippen LogP contribution in [0, 0.1) is 13.8 Å². The third-order valence-electron chi connectivity index (χ3n) is 5.10. The van der Waals surface area contributed by atoms with E-state index in [1.54, 1.807) is 57.2 Å². The number of anilines is 2. The van der Waals surface area contributed by atoms with Crippen molar-refractivity contribution in [3.63, 3.8) is 0 Å². The van der Waals surface area contributed by atoms with Crippen molar-refractivity contribution in [1.29, 1.82) is 0 Å². The normalized spacial score (nSPS) is 11.1. The Morgan fingerprint density at radius 1 is 0.971 bits per heavy atom. The average Bonchev–Trinajstić information content (AvgIpc) is 2.80. The minimum Gasteiger partial charge on any atom is -0.462 e. The lowest BCUT2D eigenvalue weighted by atomic mass is 10.1. The largest absolute Gasteiger partial charge is 0.462 e. The van der Waals surface area contributed by atoms with Crippen molar-refractivity contribution in [2.45, 2.75) is 25.7 Å². The van der Waals surface area contributed by atoms with E-state index in [0.717, 1.165) is 4.31 Å². The predicted octanol–water partition coefficient (Wildman–Crippen LogP) is 4.97. The molecule has 7 nitrogen and oxygen atoms in total. The number of esters is 1. The van der Waals surface area contributed by atoms with Crippen LogP contribution in [0.3, 0.4) is 0 Å². The first kappa shape index (κ1) is 25.3. The van der Waals surface area contributed by atoms with Crippen molar-refractivity contribution < 1.29 is 22.7 Å². The number of nitrogens with one attached hydrogen (secondary N) is 1. The molecule has 0 unspecified atom stereocenters. The highest BCUT2D eigenvalue weighted by Gasteiger charge is 2.28. The molecule has 9 heteroatoms. The fraction of sp³-hybridized carbons (Fsp3) is 0.200. The van der Waals surface area contributed by atoms with Crippen LogP contribution in [-0.4, -0.2) is 33.4 Å². The maximum absolute atomic E-state index is 13.5. The standard InChI is InChI=1S/C25H25ClN2O5S/c1-4-33-25(30)19-10-9-17(2)22(15-19)27-24(29)16-28(23-8-6-5-7-18(23)3)34(31,32)21-13-11-20(26)12-14-21/h5-15H,4,16H2,1-3H3,(H,27,29). The lowest BCUT2D eigenvalue weighted by Crippen LogP contribution is -2.38. The molecule has 0 saturated heterocycles. The highest BCUT2D eigenvalue weighted by Crippen LogP contribution is 2.28. The summed E-state index contributed by atoms with van der Waals surface area (Å²) in [5, 5.41) is 3.13. The molecule has 1 N–H and O–H groups in total. The third kappa shape index (κ3) is 5.76. The molecule has 0 bridgehead atoms. The van der Waals surface area contributed by atoms with Crippen LogP contribution in [-0.2, 0) is 19.6 Å². The Kier molecular flexibility index (Phi) is 7.96. The van der Waals surface area contributed by atoms with Crippen molar-refractivity contribution in [2.24, 2.45) is 0 Å². The summed E-state index contributed by atoms with van der Waals surface area (Å²) in [6.45, 7) is 5.00. The summed E-state index contributed by atoms with van der Waals surface area (Å²) in [5.41, 5.74) is 2.46. The first-order chi connectivity index (χ1) is 16.1. The Labute approximate surface area is 204 Å². The summed E-state index contributed by atoms with van der Waals surface area (Å²) >= 11 is 5.92. The van der Waals surface area contributed by atoms with Crippen LogP contribution in [0.25, 0.3) is 0 Å². The van der Waals surface area contributed by atoms with Gasteiger partial charge in [0.15, 0.2) is 0 Å². The van der Waals surface area contributed by atoms with Gasteiger partial charge < -0.3 is 10.1 Å². The van der Waals surface area contributed by atoms with Crippen molar-refractivity contribution in [1.82, 2.24) is 0 Å². The zero-order valence-electron chi connectivity index (χ0n) is 19.0. The van der Waals surface area contributed by atoms with Gasteiger partial charge >= 0.3 is 5.97 Å². The van der Waals surface area contributed by atoms with Gasteiger partial charge in [-0.25, -0.2) is 13.2 Å². The van der Waals surface area contributed by atoms with E-state index in [-0.39, 0.29) is 17.1 Å². The van der Waals surface area contributed by atoms with Gasteiger partial charge in [-0.15, -0.1) is 0 Å². The molecule has 0 heterocycles. The van der Waals surface area contributed by atoms with Gasteiger partial charge in [-0.1, -0.05) is 35.9 Å². The lowest BCUT2D eigenvalue weighted by molar-refractivity contribution is -0.114. The summed E-state index contributed by atoms with van der Waals surface area (Å²) in [4.78, 5) is 25.1. The van der Waals surface area contributed by atoms with Gasteiger partial charge in [0.25, 0.3) is 10.0 Å². The lowest BCUT2D eigenvalue weighted by Gasteiger charge is -2.25. The van der Waals surface area contributed by atoms with Gasteiger partial charge in [0.05, 0.1) is 22.8 Å². The first-order valence-electron chi connectivity index (χ1n) is 10.5. The second kappa shape index (κ2) is 10.7. The molecular formula is C25H25ClN2O5S. The van der Waals surface area contributed by atoms with E-state index in [4.69, 9.17) is 16.3 Å². The van der Waals surface area contributed by atoms with Crippen LogP contribution >= 0.6 is 11.6 Å². The number of halogens is 1. The highest BCUT2D eigenvalue weighted by molar-refractivity contribution is 7.92. The van der Waals surface area contributed by atoms with Gasteiger partial charge in [-0.2, -0.15) is 0 Å². The van der Waals surface area contributed by atoms with Gasteiger partial charge in [0.2, 0.25) is 5.91 Å². The van der Waals surface area contributed by atoms with E-state index < -0.39 is 28.4 Å². The van der Waals surface area contributed by atoms with Crippen LogP contribution in [0.15, 0.2) is 71.6 Å². The Balaban J connectivity index is 1.94. The predicted molar refractivity (Wildman–Crippen MR) is 133 cm³/mol. The monoisotopic (exact) mass is 500 g/mol. The summed E-state index contributed by atoms with van der Waals surface area (Å²) in [6, 6.07) is 17.5. The van der Waals surface area contributed by atoms with Crippen molar-refractivity contribution in [3.05, 3.63) is 88.4 Å². The van der Waals surface area contributed by atoms with Gasteiger partial charge in [-0.3, -0.25) is 9.10 Å². The molecule has 0 atom stereocenters. The third-order valence-corrected chi connectivity index (χ3v) is 7.12. The zero-order chi connectivity index (χ0) is 24.9. The summed E-state index contributed by atoms with van der Waals surface area (Å²) < 4.78 is 33.1. The van der Waals surface area contributed by atoms with E-state index in [2.05, 4.69) is 5.32 Å². The number of ether oxygens (including phenoxy) is 1. The number of para-hydroxylation sites is 1. The number of carbonyl (C=O) groups is 2. The van der Waals surface area contributed by atoms with E-state index in [1.807, 2.05) is 0 Å². The van der Waals surface area contributed by atoms with Gasteiger partial charge in [0, 0.05) is 10.7 Å². The number of hydrogen-bond acceptors (Lipinski definition) is 5. The molecule has 0 spiro atoms. The number of carbonyl (C=O) groups excluding carboxylic acids is 2. The molecule has 3 aromatic rings. The molecule has 0 fully saturated rings. The Morgan fingerprint density at radius 3 is 2.29 bits per heavy atom. The summed E-state index contributed by atoms with van der Waals surface area (Å²) in [7, 11) is -4.08. The fourth-order valence-electron chi connectivity index (χ4n) is 3.29. The van der Waals surface area contributed by atoms with Gasteiger partial charge in [-0.05, 0) is 74.4 Å². The molecule has 0 aliphatic carbocycles. The average molecular weight is 501 g/mol. The topological polar surface area (TPSA) is 92.8 Å². The molecule has 178 valence electrons. The van der Waals surface area contributed by atoms with Crippen LogP contribution in [0.4, 0.5) is 11.4 Å². The quantitative estimate of drug-likeness (QED) is 0.441. The molecule has 34 heavy (non-hydrogen) atoms. The van der Waals surface area contributed by atoms with Gasteiger partial charge in [0.1, 0.15) is 6.54 Å². The highest BCUT2D eigenvalue weighted by atomic mass is 35.5. The Hall–Kier alpha value is -3.36. The number of aryl methyl sites for hydroxylation is 2. The molecule has 1 amide bonds. The number of benzene rings is 3. The second-order valence-corrected chi connectivity index (χ2v) is 9.85. The van der Waals surface area contributed by atoms with E-state index >= 15 is 0 Å². The number of nitrogens with zero attached hydrogens (tertiary/aromatic N) is 1. The molecular weight excluding hydrogens is 476 g/mol. The Morgan fingerprint density at radius 2 is 1.65 bits per heavy atom. The molecule has 0 saturated carbocycles. The number of amides is 1. The zero-order valence-corrected chi connectivity index (χ0v) is 20.6. The van der Waals surface area contributed by atoms with Crippen molar-refractivity contribution in [3.8, 4) is 0 Å². The SMILES string of the molecule is CCOC(=O)c1ccc(C)c(NC(=O)CN(c2ccccc2C)S(=O)(=O)c2ccc(Cl)cc2)c1. The smallest absolute Gasteiger partial charge is 0.338 e. The summed E-state index contributed by atoms with van der Waals surface area (Å²) in [6.07, 6.45) is 0. The van der Waals surface area contributed by atoms with E-state index in [9.17, 15) is 18.0 Å². The number of rotatable bonds is 8. The second-order valence-electron chi connectivity index (χ2n) is 7.55. The van der Waals surface area contributed by atoms with E-state index in [1.165, 1.54) is 30.3 Å². The minimum absolute atomic E-state index is 0.00782. The number of sulfonamides is 1. The van der Waals surface area contributed by atoms with Crippen LogP contribution in [0.5, 0.6) is 0 Å². The molecule has 0 radical (unpaired) electrons. The fourth-order valence-corrected chi connectivity index (χ4v) is 4.91. The maximum Gasteiger partial charge on any atom is 0.338 e. The minimum atomic E-state index is -4.08. The molecule has 0 aliphatic heterocycles. The molecule has 3 aromatic carbocycles. The van der Waals surface area contributed by atoms with Crippen molar-refractivity contribution in [2.75, 3.05) is 22.8 Å². The van der Waals surface area contributed by atoms with E-state index in [0.29, 0.717) is 27.5 Å². The molecule has 3 rings (SSSR count). The number of hydrogen-bond donors (Lipinski definition) is 1. The van der Waals surface area contributed by atoms with Crippen LogP contribution in [0.1, 0.15) is 28.4 Å². The molecule has 0 aliphatic rings. The van der Waals surface area contributed by atoms with Crippen molar-refractivity contribution >= 4 is 44.9 Å². The maximum atomic E-state index is 13.5. The van der Waals surface area contributed by atoms with Crippen LogP contribution in [0.2, 0.25) is 5.02 Å². The first-order valence-corrected chi connectivity index (χ1v) is 12.4.